The van der Waals surface area contributed by atoms with Crippen LogP contribution in [0.2, 0.25) is 0 Å². The van der Waals surface area contributed by atoms with Gasteiger partial charge in [0.15, 0.2) is 6.29 Å². The minimum absolute atomic E-state index is 0.249. The highest BCUT2D eigenvalue weighted by atomic mass is 16.5. The van der Waals surface area contributed by atoms with Gasteiger partial charge in [-0.15, -0.1) is 0 Å². The van der Waals surface area contributed by atoms with Gasteiger partial charge in [0.05, 0.1) is 18.7 Å². The lowest BCUT2D eigenvalue weighted by Crippen LogP contribution is -2.03. The molecular weight excluding hydrogens is 160 g/mol. The molecule has 0 radical (unpaired) electrons. The molecule has 0 fully saturated rings. The second-order valence-electron chi connectivity index (χ2n) is 2.22. The summed E-state index contributed by atoms with van der Waals surface area (Å²) in [5, 5.41) is 0. The van der Waals surface area contributed by atoms with E-state index in [1.54, 1.807) is 0 Å². The van der Waals surface area contributed by atoms with Crippen molar-refractivity contribution >= 4 is 6.29 Å². The highest BCUT2D eigenvalue weighted by Crippen LogP contribution is 2.16. The van der Waals surface area contributed by atoms with E-state index in [2.05, 4.69) is 4.42 Å². The molecule has 1 heterocycles. The van der Waals surface area contributed by atoms with Gasteiger partial charge in [-0.1, -0.05) is 0 Å². The fourth-order valence-electron chi connectivity index (χ4n) is 0.904. The Kier molecular flexibility index (Phi) is 2.28. The van der Waals surface area contributed by atoms with Crippen LogP contribution >= 0.6 is 0 Å². The predicted molar refractivity (Wildman–Crippen MR) is 41.7 cm³/mol. The lowest BCUT2D eigenvalue weighted by atomic mass is 10.2. The van der Waals surface area contributed by atoms with Crippen LogP contribution in [0, 0.1) is 6.92 Å². The Labute approximate surface area is 68.8 Å². The Morgan fingerprint density at radius 3 is 2.75 bits per heavy atom. The summed E-state index contributed by atoms with van der Waals surface area (Å²) in [6, 6.07) is 1.14. The fourth-order valence-corrected chi connectivity index (χ4v) is 0.904. The van der Waals surface area contributed by atoms with Crippen LogP contribution in [0.5, 0.6) is 5.75 Å². The third kappa shape index (κ3) is 1.37. The van der Waals surface area contributed by atoms with Crippen LogP contribution in [-0.2, 0) is 0 Å². The van der Waals surface area contributed by atoms with E-state index in [1.165, 1.54) is 14.0 Å². The van der Waals surface area contributed by atoms with Crippen molar-refractivity contribution in [2.45, 2.75) is 6.92 Å². The summed E-state index contributed by atoms with van der Waals surface area (Å²) in [6.07, 6.45) is 0.594. The van der Waals surface area contributed by atoms with Crippen molar-refractivity contribution in [3.05, 3.63) is 27.8 Å². The lowest BCUT2D eigenvalue weighted by molar-refractivity contribution is 0.111. The molecule has 0 N–H and O–H groups in total. The van der Waals surface area contributed by atoms with Gasteiger partial charge in [-0.25, -0.2) is 4.79 Å². The zero-order chi connectivity index (χ0) is 9.14. The molecular formula is C8H8O4. The molecule has 12 heavy (non-hydrogen) atoms. The Morgan fingerprint density at radius 1 is 1.58 bits per heavy atom. The molecule has 0 spiro atoms. The third-order valence-corrected chi connectivity index (χ3v) is 1.49. The van der Waals surface area contributed by atoms with Crippen molar-refractivity contribution in [1.29, 1.82) is 0 Å². The van der Waals surface area contributed by atoms with Gasteiger partial charge in [-0.2, -0.15) is 0 Å². The third-order valence-electron chi connectivity index (χ3n) is 1.49. The summed E-state index contributed by atoms with van der Waals surface area (Å²) in [6.45, 7) is 1.54. The van der Waals surface area contributed by atoms with Crippen LogP contribution in [0.15, 0.2) is 15.3 Å². The Hall–Kier alpha value is -1.58. The number of ether oxygens (including phenoxy) is 1. The van der Waals surface area contributed by atoms with Gasteiger partial charge in [0.1, 0.15) is 11.5 Å². The second-order valence-corrected chi connectivity index (χ2v) is 2.22. The molecule has 0 aromatic carbocycles. The highest BCUT2D eigenvalue weighted by molar-refractivity contribution is 5.80. The maximum Gasteiger partial charge on any atom is 0.339 e. The molecule has 0 bridgehead atoms. The molecule has 4 heteroatoms. The molecule has 64 valence electrons. The summed E-state index contributed by atoms with van der Waals surface area (Å²) in [5.41, 5.74) is -0.243. The van der Waals surface area contributed by atoms with Gasteiger partial charge in [0.25, 0.3) is 0 Å². The van der Waals surface area contributed by atoms with Crippen molar-refractivity contribution in [1.82, 2.24) is 0 Å². The van der Waals surface area contributed by atoms with Gasteiger partial charge in [-0.3, -0.25) is 4.79 Å². The first-order valence-electron chi connectivity index (χ1n) is 3.33. The molecule has 1 aromatic rings. The van der Waals surface area contributed by atoms with E-state index >= 15 is 0 Å². The fraction of sp³-hybridized carbons (Fsp3) is 0.250. The predicted octanol–water partition coefficient (Wildman–Crippen LogP) is 0.769. The van der Waals surface area contributed by atoms with Crippen molar-refractivity contribution in [3.8, 4) is 5.75 Å². The molecule has 0 saturated carbocycles. The van der Waals surface area contributed by atoms with Gasteiger partial charge < -0.3 is 9.15 Å². The van der Waals surface area contributed by atoms with Gasteiger partial charge in [-0.05, 0) is 6.92 Å². The van der Waals surface area contributed by atoms with Crippen LogP contribution in [0.25, 0.3) is 0 Å². The number of aldehydes is 1. The average molecular weight is 168 g/mol. The van der Waals surface area contributed by atoms with Crippen LogP contribution in [0.4, 0.5) is 0 Å². The van der Waals surface area contributed by atoms with Gasteiger partial charge >= 0.3 is 5.63 Å². The Balaban J connectivity index is 3.43. The number of carbonyl (C=O) groups excluding carboxylic acids is 1. The normalized spacial score (nSPS) is 9.50. The quantitative estimate of drug-likeness (QED) is 0.612. The Bertz CT molecular complexity index is 351. The van der Waals surface area contributed by atoms with Gasteiger partial charge in [0, 0.05) is 0 Å². The molecule has 0 saturated heterocycles. The minimum Gasteiger partial charge on any atom is -0.496 e. The zero-order valence-corrected chi connectivity index (χ0v) is 6.79. The minimum atomic E-state index is -0.519. The molecule has 4 nitrogen and oxygen atoms in total. The number of rotatable bonds is 2. The zero-order valence-electron chi connectivity index (χ0n) is 6.79. The monoisotopic (exact) mass is 168 g/mol. The van der Waals surface area contributed by atoms with Crippen LogP contribution in [0.1, 0.15) is 16.1 Å². The summed E-state index contributed by atoms with van der Waals surface area (Å²) in [5.74, 6) is 0.521. The van der Waals surface area contributed by atoms with E-state index in [9.17, 15) is 9.59 Å². The first-order valence-corrected chi connectivity index (χ1v) is 3.33. The first-order chi connectivity index (χ1) is 5.69. The van der Waals surface area contributed by atoms with E-state index in [-0.39, 0.29) is 17.1 Å². The Morgan fingerprint density at radius 2 is 2.25 bits per heavy atom. The van der Waals surface area contributed by atoms with E-state index in [4.69, 9.17) is 4.74 Å². The number of aryl methyl sites for hydroxylation is 1. The van der Waals surface area contributed by atoms with Crippen molar-refractivity contribution in [2.24, 2.45) is 0 Å². The summed E-state index contributed by atoms with van der Waals surface area (Å²) < 4.78 is 9.48. The van der Waals surface area contributed by atoms with Crippen LogP contribution in [-0.4, -0.2) is 13.4 Å². The maximum absolute atomic E-state index is 10.8. The van der Waals surface area contributed by atoms with E-state index < -0.39 is 5.63 Å². The smallest absolute Gasteiger partial charge is 0.339 e. The SMILES string of the molecule is COc1cc(=O)oc(C)c1C=O. The molecule has 1 aromatic heterocycles. The molecule has 0 aliphatic rings. The van der Waals surface area contributed by atoms with E-state index in [1.807, 2.05) is 0 Å². The summed E-state index contributed by atoms with van der Waals surface area (Å²) in [7, 11) is 1.39. The van der Waals surface area contributed by atoms with Crippen molar-refractivity contribution in [2.75, 3.05) is 7.11 Å². The topological polar surface area (TPSA) is 56.5 Å². The number of methoxy groups -OCH3 is 1. The highest BCUT2D eigenvalue weighted by Gasteiger charge is 2.08. The molecule has 0 amide bonds. The molecule has 0 aliphatic carbocycles. The number of hydrogen-bond acceptors (Lipinski definition) is 4. The molecule has 0 aliphatic heterocycles. The lowest BCUT2D eigenvalue weighted by Gasteiger charge is -2.02. The van der Waals surface area contributed by atoms with Crippen molar-refractivity contribution < 1.29 is 13.9 Å². The number of hydrogen-bond donors (Lipinski definition) is 0. The van der Waals surface area contributed by atoms with Crippen LogP contribution < -0.4 is 10.4 Å². The average Bonchev–Trinajstić information content (AvgIpc) is 2.03. The number of carbonyl (C=O) groups is 1. The van der Waals surface area contributed by atoms with Gasteiger partial charge in [0.2, 0.25) is 0 Å². The summed E-state index contributed by atoms with van der Waals surface area (Å²) in [4.78, 5) is 21.3. The molecule has 0 atom stereocenters. The van der Waals surface area contributed by atoms with E-state index in [0.717, 1.165) is 6.07 Å². The van der Waals surface area contributed by atoms with Crippen LogP contribution in [0.3, 0.4) is 0 Å². The second kappa shape index (κ2) is 3.21. The first kappa shape index (κ1) is 8.52. The van der Waals surface area contributed by atoms with Crippen molar-refractivity contribution in [3.63, 3.8) is 0 Å². The standard InChI is InChI=1S/C8H8O4/c1-5-6(4-9)7(11-2)3-8(10)12-5/h3-4H,1-2H3. The molecule has 0 unspecified atom stereocenters. The van der Waals surface area contributed by atoms with E-state index in [0.29, 0.717) is 6.29 Å². The maximum atomic E-state index is 10.8. The summed E-state index contributed by atoms with van der Waals surface area (Å²) >= 11 is 0. The molecule has 1 rings (SSSR count). The largest absolute Gasteiger partial charge is 0.496 e.